The summed E-state index contributed by atoms with van der Waals surface area (Å²) >= 11 is 7.34. The van der Waals surface area contributed by atoms with Gasteiger partial charge in [0.05, 0.1) is 22.9 Å². The van der Waals surface area contributed by atoms with Crippen LogP contribution < -0.4 is 10.1 Å². The largest absolute Gasteiger partial charge is 0.492 e. The Balaban J connectivity index is 2.11. The molecule has 164 valence electrons. The van der Waals surface area contributed by atoms with Gasteiger partial charge in [0, 0.05) is 23.9 Å². The Morgan fingerprint density at radius 3 is 2.37 bits per heavy atom. The van der Waals surface area contributed by atoms with Gasteiger partial charge in [-0.05, 0) is 42.8 Å². The van der Waals surface area contributed by atoms with Gasteiger partial charge in [-0.1, -0.05) is 37.6 Å². The molecule has 0 aliphatic carbocycles. The molecule has 0 spiro atoms. The number of hydrogen-bond donors (Lipinski definition) is 1. The van der Waals surface area contributed by atoms with Crippen molar-refractivity contribution in [3.63, 3.8) is 0 Å². The molecule has 0 heterocycles. The molecular formula is C21H27ClN2O4S2. The lowest BCUT2D eigenvalue weighted by atomic mass is 10.2. The summed E-state index contributed by atoms with van der Waals surface area (Å²) in [5.41, 5.74) is 1.42. The van der Waals surface area contributed by atoms with Crippen LogP contribution in [0.2, 0.25) is 5.02 Å². The summed E-state index contributed by atoms with van der Waals surface area (Å²) < 4.78 is 32.6. The van der Waals surface area contributed by atoms with Gasteiger partial charge >= 0.3 is 0 Å². The maximum Gasteiger partial charge on any atom is 0.243 e. The first-order valence-electron chi connectivity index (χ1n) is 9.70. The highest BCUT2D eigenvalue weighted by Crippen LogP contribution is 2.29. The second-order valence-electron chi connectivity index (χ2n) is 6.35. The third kappa shape index (κ3) is 6.63. The highest BCUT2D eigenvalue weighted by Gasteiger charge is 2.23. The van der Waals surface area contributed by atoms with Gasteiger partial charge in [-0.2, -0.15) is 4.31 Å². The van der Waals surface area contributed by atoms with E-state index in [-0.39, 0.29) is 16.6 Å². The number of carbonyl (C=O) groups is 1. The molecule has 2 aromatic carbocycles. The van der Waals surface area contributed by atoms with Crippen molar-refractivity contribution in [2.24, 2.45) is 0 Å². The van der Waals surface area contributed by atoms with E-state index in [1.807, 2.05) is 31.2 Å². The summed E-state index contributed by atoms with van der Waals surface area (Å²) in [6.45, 7) is 6.54. The minimum Gasteiger partial charge on any atom is -0.492 e. The Morgan fingerprint density at radius 1 is 1.10 bits per heavy atom. The molecule has 0 aliphatic heterocycles. The zero-order valence-corrected chi connectivity index (χ0v) is 19.7. The van der Waals surface area contributed by atoms with Crippen LogP contribution in [-0.4, -0.2) is 44.1 Å². The zero-order valence-electron chi connectivity index (χ0n) is 17.4. The van der Waals surface area contributed by atoms with E-state index in [9.17, 15) is 13.2 Å². The minimum absolute atomic E-state index is 0.124. The first-order chi connectivity index (χ1) is 14.3. The molecule has 30 heavy (non-hydrogen) atoms. The molecule has 9 heteroatoms. The Morgan fingerprint density at radius 2 is 1.77 bits per heavy atom. The van der Waals surface area contributed by atoms with Crippen LogP contribution >= 0.6 is 23.4 Å². The fraction of sp³-hybridized carbons (Fsp3) is 0.381. The lowest BCUT2D eigenvalue weighted by Gasteiger charge is -2.20. The molecule has 1 amide bonds. The first kappa shape index (κ1) is 24.5. The molecular weight excluding hydrogens is 444 g/mol. The number of benzene rings is 2. The van der Waals surface area contributed by atoms with Crippen molar-refractivity contribution in [1.29, 1.82) is 0 Å². The number of thioether (sulfide) groups is 1. The van der Waals surface area contributed by atoms with Crippen molar-refractivity contribution in [2.75, 3.05) is 30.8 Å². The summed E-state index contributed by atoms with van der Waals surface area (Å²) in [4.78, 5) is 12.6. The van der Waals surface area contributed by atoms with Gasteiger partial charge in [-0.3, -0.25) is 4.79 Å². The number of ether oxygens (including phenoxy) is 1. The number of rotatable bonds is 11. The standard InChI is InChI=1S/C21H27ClN2O4S2/c1-4-24(5-2)30(26,27)18-11-12-20(28-6-3)19(13-18)23-21(25)15-29-14-16-7-9-17(22)10-8-16/h7-13H,4-6,14-15H2,1-3H3,(H,23,25). The summed E-state index contributed by atoms with van der Waals surface area (Å²) in [6, 6.07) is 12.0. The highest BCUT2D eigenvalue weighted by molar-refractivity contribution is 7.99. The van der Waals surface area contributed by atoms with Crippen molar-refractivity contribution in [2.45, 2.75) is 31.4 Å². The van der Waals surface area contributed by atoms with Crippen LogP contribution in [0.15, 0.2) is 47.4 Å². The molecule has 2 rings (SSSR count). The van der Waals surface area contributed by atoms with Crippen LogP contribution in [0.1, 0.15) is 26.3 Å². The topological polar surface area (TPSA) is 75.7 Å². The molecule has 0 bridgehead atoms. The van der Waals surface area contributed by atoms with Gasteiger partial charge in [-0.15, -0.1) is 11.8 Å². The summed E-state index contributed by atoms with van der Waals surface area (Å²) in [6.07, 6.45) is 0. The van der Waals surface area contributed by atoms with Crippen LogP contribution in [0, 0.1) is 0 Å². The molecule has 0 saturated heterocycles. The number of halogens is 1. The molecule has 0 aromatic heterocycles. The molecule has 0 saturated carbocycles. The van der Waals surface area contributed by atoms with Gasteiger partial charge in [0.1, 0.15) is 5.75 Å². The lowest BCUT2D eigenvalue weighted by Crippen LogP contribution is -2.30. The molecule has 1 N–H and O–H groups in total. The average molecular weight is 471 g/mol. The molecule has 0 unspecified atom stereocenters. The van der Waals surface area contributed by atoms with Crippen LogP contribution in [-0.2, 0) is 20.6 Å². The van der Waals surface area contributed by atoms with E-state index in [0.717, 1.165) is 5.56 Å². The average Bonchev–Trinajstić information content (AvgIpc) is 2.71. The maximum atomic E-state index is 12.8. The molecule has 2 aromatic rings. The van der Waals surface area contributed by atoms with Crippen LogP contribution in [0.3, 0.4) is 0 Å². The predicted molar refractivity (Wildman–Crippen MR) is 124 cm³/mol. The predicted octanol–water partition coefficient (Wildman–Crippen LogP) is 4.64. The van der Waals surface area contributed by atoms with Crippen LogP contribution in [0.25, 0.3) is 0 Å². The Bertz CT molecular complexity index is 946. The third-order valence-electron chi connectivity index (χ3n) is 4.28. The second-order valence-corrected chi connectivity index (χ2v) is 9.71. The number of hydrogen-bond acceptors (Lipinski definition) is 5. The number of anilines is 1. The maximum absolute atomic E-state index is 12.8. The van der Waals surface area contributed by atoms with Gasteiger partial charge in [0.2, 0.25) is 15.9 Å². The van der Waals surface area contributed by atoms with Gasteiger partial charge < -0.3 is 10.1 Å². The van der Waals surface area contributed by atoms with Gasteiger partial charge in [0.15, 0.2) is 0 Å². The Kier molecular flexibility index (Phi) is 9.48. The van der Waals surface area contributed by atoms with Crippen molar-refractivity contribution in [3.8, 4) is 5.75 Å². The van der Waals surface area contributed by atoms with E-state index in [4.69, 9.17) is 16.3 Å². The summed E-state index contributed by atoms with van der Waals surface area (Å²) in [5.74, 6) is 1.10. The first-order valence-corrected chi connectivity index (χ1v) is 12.7. The Labute approximate surface area is 188 Å². The number of carbonyl (C=O) groups excluding carboxylic acids is 1. The summed E-state index contributed by atoms with van der Waals surface area (Å²) in [7, 11) is -3.64. The molecule has 0 radical (unpaired) electrons. The van der Waals surface area contributed by atoms with E-state index in [1.165, 1.54) is 28.2 Å². The monoisotopic (exact) mass is 470 g/mol. The van der Waals surface area contributed by atoms with Gasteiger partial charge in [-0.25, -0.2) is 8.42 Å². The molecule has 6 nitrogen and oxygen atoms in total. The highest BCUT2D eigenvalue weighted by atomic mass is 35.5. The van der Waals surface area contributed by atoms with Crippen molar-refractivity contribution in [1.82, 2.24) is 4.31 Å². The van der Waals surface area contributed by atoms with E-state index in [0.29, 0.717) is 41.9 Å². The number of amides is 1. The lowest BCUT2D eigenvalue weighted by molar-refractivity contribution is -0.113. The van der Waals surface area contributed by atoms with Crippen molar-refractivity contribution < 1.29 is 17.9 Å². The van der Waals surface area contributed by atoms with Crippen LogP contribution in [0.4, 0.5) is 5.69 Å². The zero-order chi connectivity index (χ0) is 22.1. The quantitative estimate of drug-likeness (QED) is 0.517. The fourth-order valence-electron chi connectivity index (χ4n) is 2.79. The fourth-order valence-corrected chi connectivity index (χ4v) is 5.19. The van der Waals surface area contributed by atoms with E-state index in [2.05, 4.69) is 5.32 Å². The normalized spacial score (nSPS) is 11.5. The van der Waals surface area contributed by atoms with E-state index < -0.39 is 10.0 Å². The Hall–Kier alpha value is -1.74. The number of nitrogens with zero attached hydrogens (tertiary/aromatic N) is 1. The molecule has 0 atom stereocenters. The molecule has 0 aliphatic rings. The van der Waals surface area contributed by atoms with E-state index in [1.54, 1.807) is 19.9 Å². The number of sulfonamides is 1. The van der Waals surface area contributed by atoms with Gasteiger partial charge in [0.25, 0.3) is 0 Å². The number of nitrogens with one attached hydrogen (secondary N) is 1. The second kappa shape index (κ2) is 11.6. The SMILES string of the molecule is CCOc1ccc(S(=O)(=O)N(CC)CC)cc1NC(=O)CSCc1ccc(Cl)cc1. The summed E-state index contributed by atoms with van der Waals surface area (Å²) in [5, 5.41) is 3.46. The third-order valence-corrected chi connectivity index (χ3v) is 7.58. The van der Waals surface area contributed by atoms with E-state index >= 15 is 0 Å². The minimum atomic E-state index is -3.64. The molecule has 0 fully saturated rings. The van der Waals surface area contributed by atoms with Crippen molar-refractivity contribution >= 4 is 45.0 Å². The van der Waals surface area contributed by atoms with Crippen LogP contribution in [0.5, 0.6) is 5.75 Å². The van der Waals surface area contributed by atoms with Crippen molar-refractivity contribution in [3.05, 3.63) is 53.1 Å². The smallest absolute Gasteiger partial charge is 0.243 e.